The van der Waals surface area contributed by atoms with E-state index in [1.54, 1.807) is 7.11 Å². The lowest BCUT2D eigenvalue weighted by molar-refractivity contribution is 0.414. The van der Waals surface area contributed by atoms with Crippen molar-refractivity contribution in [3.8, 4) is 5.75 Å². The number of fused-ring (bicyclic) bond motifs is 1. The van der Waals surface area contributed by atoms with Crippen LogP contribution in [0.3, 0.4) is 0 Å². The minimum Gasteiger partial charge on any atom is -0.497 e. The Morgan fingerprint density at radius 3 is 2.73 bits per heavy atom. The van der Waals surface area contributed by atoms with Crippen molar-refractivity contribution in [1.29, 1.82) is 0 Å². The zero-order valence-corrected chi connectivity index (χ0v) is 18.1. The molecule has 1 fully saturated rings. The number of aromatic nitrogens is 4. The lowest BCUT2D eigenvalue weighted by atomic mass is 9.85. The minimum absolute atomic E-state index is 0.574. The summed E-state index contributed by atoms with van der Waals surface area (Å²) in [5, 5.41) is 5.08. The number of rotatable bonds is 6. The van der Waals surface area contributed by atoms with E-state index in [2.05, 4.69) is 50.0 Å². The van der Waals surface area contributed by atoms with Crippen LogP contribution in [0.1, 0.15) is 60.4 Å². The fraction of sp³-hybridized carbons (Fsp3) is 0.375. The molecule has 2 aromatic carbocycles. The van der Waals surface area contributed by atoms with Crippen LogP contribution in [0.5, 0.6) is 5.75 Å². The molecule has 2 heterocycles. The monoisotopic (exact) mass is 418 g/mol. The number of nitrogens with zero attached hydrogens (tertiary/aromatic N) is 4. The fourth-order valence-electron chi connectivity index (χ4n) is 4.53. The summed E-state index contributed by atoms with van der Waals surface area (Å²) in [7, 11) is 1.71. The quantitative estimate of drug-likeness (QED) is 0.410. The smallest absolute Gasteiger partial charge is 0.119 e. The Kier molecular flexibility index (Phi) is 5.49. The molecule has 0 N–H and O–H groups in total. The molecule has 0 saturated heterocycles. The highest BCUT2D eigenvalue weighted by atomic mass is 32.1. The predicted octanol–water partition coefficient (Wildman–Crippen LogP) is 5.58. The van der Waals surface area contributed by atoms with Gasteiger partial charge in [-0.2, -0.15) is 13.8 Å². The number of hydrogen-bond donors (Lipinski definition) is 0. The molecule has 1 aliphatic carbocycles. The van der Waals surface area contributed by atoms with Crippen molar-refractivity contribution in [2.24, 2.45) is 0 Å². The lowest BCUT2D eigenvalue weighted by Crippen LogP contribution is -2.08. The topological polar surface area (TPSA) is 52.8 Å². The first-order valence-electron chi connectivity index (χ1n) is 10.7. The molecule has 30 heavy (non-hydrogen) atoms. The first-order chi connectivity index (χ1) is 14.8. The van der Waals surface area contributed by atoms with Crippen molar-refractivity contribution in [3.63, 3.8) is 0 Å². The van der Waals surface area contributed by atoms with Crippen LogP contribution in [0, 0.1) is 0 Å². The summed E-state index contributed by atoms with van der Waals surface area (Å²) in [5.41, 5.74) is 7.06. The van der Waals surface area contributed by atoms with Gasteiger partial charge in [0.05, 0.1) is 31.1 Å². The van der Waals surface area contributed by atoms with Crippen molar-refractivity contribution >= 4 is 22.8 Å². The third kappa shape index (κ3) is 4.10. The Morgan fingerprint density at radius 1 is 1.00 bits per heavy atom. The van der Waals surface area contributed by atoms with Crippen LogP contribution < -0.4 is 4.74 Å². The maximum absolute atomic E-state index is 5.38. The van der Waals surface area contributed by atoms with E-state index >= 15 is 0 Å². The van der Waals surface area contributed by atoms with Crippen LogP contribution in [0.25, 0.3) is 11.0 Å². The summed E-state index contributed by atoms with van der Waals surface area (Å²) >= 11 is 1.28. The van der Waals surface area contributed by atoms with E-state index in [-0.39, 0.29) is 0 Å². The third-order valence-corrected chi connectivity index (χ3v) is 6.61. The lowest BCUT2D eigenvalue weighted by Gasteiger charge is -2.21. The van der Waals surface area contributed by atoms with Gasteiger partial charge >= 0.3 is 0 Å². The van der Waals surface area contributed by atoms with Gasteiger partial charge in [-0.1, -0.05) is 37.5 Å². The van der Waals surface area contributed by atoms with Crippen LogP contribution in [-0.2, 0) is 13.0 Å². The minimum atomic E-state index is 0.574. The zero-order chi connectivity index (χ0) is 20.3. The Balaban J connectivity index is 1.45. The van der Waals surface area contributed by atoms with E-state index in [4.69, 9.17) is 9.84 Å². The maximum atomic E-state index is 5.38. The van der Waals surface area contributed by atoms with Gasteiger partial charge in [0.25, 0.3) is 0 Å². The summed E-state index contributed by atoms with van der Waals surface area (Å²) in [6.45, 7) is 0.756. The standard InChI is InChI=1S/C24H26N4OS/c1-29-21-9-5-6-18(13-21)15-28-16-20(24(25-28)19-7-3-2-4-8-19)12-17-10-11-22-23(14-17)27-30-26-22/h5-6,9-11,13-14,16,19H,2-4,7-8,12,15H2,1H3. The van der Waals surface area contributed by atoms with Gasteiger partial charge < -0.3 is 4.74 Å². The number of ether oxygens (including phenoxy) is 1. The second-order valence-electron chi connectivity index (χ2n) is 8.19. The van der Waals surface area contributed by atoms with Gasteiger partial charge in [0, 0.05) is 18.5 Å². The van der Waals surface area contributed by atoms with Crippen LogP contribution >= 0.6 is 11.7 Å². The molecule has 0 bridgehead atoms. The molecule has 5 nitrogen and oxygen atoms in total. The van der Waals surface area contributed by atoms with E-state index in [0.29, 0.717) is 5.92 Å². The highest BCUT2D eigenvalue weighted by molar-refractivity contribution is 7.00. The number of hydrogen-bond acceptors (Lipinski definition) is 5. The summed E-state index contributed by atoms with van der Waals surface area (Å²) in [5.74, 6) is 1.46. The molecule has 5 rings (SSSR count). The molecule has 0 unspecified atom stereocenters. The first-order valence-corrected chi connectivity index (χ1v) is 11.4. The molecule has 1 aliphatic rings. The Morgan fingerprint density at radius 2 is 1.87 bits per heavy atom. The van der Waals surface area contributed by atoms with E-state index in [9.17, 15) is 0 Å². The van der Waals surface area contributed by atoms with Crippen LogP contribution in [0.4, 0.5) is 0 Å². The van der Waals surface area contributed by atoms with Gasteiger partial charge in [0.2, 0.25) is 0 Å². The van der Waals surface area contributed by atoms with Gasteiger partial charge in [0.15, 0.2) is 0 Å². The molecule has 0 atom stereocenters. The van der Waals surface area contributed by atoms with Gasteiger partial charge in [0.1, 0.15) is 16.8 Å². The van der Waals surface area contributed by atoms with E-state index in [0.717, 1.165) is 29.7 Å². The normalized spacial score (nSPS) is 15.0. The Labute approximate surface area is 181 Å². The molecular formula is C24H26N4OS. The maximum Gasteiger partial charge on any atom is 0.119 e. The number of benzene rings is 2. The van der Waals surface area contributed by atoms with Crippen molar-refractivity contribution < 1.29 is 4.74 Å². The van der Waals surface area contributed by atoms with Gasteiger partial charge in [-0.25, -0.2) is 0 Å². The summed E-state index contributed by atoms with van der Waals surface area (Å²) < 4.78 is 16.2. The predicted molar refractivity (Wildman–Crippen MR) is 120 cm³/mol. The van der Waals surface area contributed by atoms with E-state index in [1.807, 2.05) is 12.1 Å². The molecule has 154 valence electrons. The molecule has 0 radical (unpaired) electrons. The largest absolute Gasteiger partial charge is 0.497 e. The van der Waals surface area contributed by atoms with Crippen molar-refractivity contribution in [3.05, 3.63) is 71.0 Å². The Hall–Kier alpha value is -2.73. The third-order valence-electron chi connectivity index (χ3n) is 6.05. The molecule has 0 spiro atoms. The van der Waals surface area contributed by atoms with Gasteiger partial charge in [-0.15, -0.1) is 0 Å². The van der Waals surface area contributed by atoms with Crippen LogP contribution in [0.2, 0.25) is 0 Å². The molecule has 0 amide bonds. The number of methoxy groups -OCH3 is 1. The highest BCUT2D eigenvalue weighted by Gasteiger charge is 2.22. The first kappa shape index (κ1) is 19.2. The zero-order valence-electron chi connectivity index (χ0n) is 17.3. The average molecular weight is 419 g/mol. The van der Waals surface area contributed by atoms with Gasteiger partial charge in [-0.3, -0.25) is 4.68 Å². The van der Waals surface area contributed by atoms with Crippen LogP contribution in [0.15, 0.2) is 48.7 Å². The molecule has 4 aromatic rings. The SMILES string of the molecule is COc1cccc(Cn2cc(Cc3ccc4nsnc4c3)c(C3CCCCC3)n2)c1. The molecule has 0 aliphatic heterocycles. The second kappa shape index (κ2) is 8.56. The second-order valence-corrected chi connectivity index (χ2v) is 8.72. The molecule has 2 aromatic heterocycles. The van der Waals surface area contributed by atoms with E-state index in [1.165, 1.54) is 66.2 Å². The van der Waals surface area contributed by atoms with E-state index < -0.39 is 0 Å². The Bertz CT molecular complexity index is 1140. The van der Waals surface area contributed by atoms with Crippen molar-refractivity contribution in [2.75, 3.05) is 7.11 Å². The van der Waals surface area contributed by atoms with Crippen molar-refractivity contribution in [2.45, 2.75) is 51.0 Å². The fourth-order valence-corrected chi connectivity index (χ4v) is 5.05. The summed E-state index contributed by atoms with van der Waals surface area (Å²) in [6, 6.07) is 14.7. The molecule has 6 heteroatoms. The summed E-state index contributed by atoms with van der Waals surface area (Å²) in [6.07, 6.45) is 9.59. The average Bonchev–Trinajstić information content (AvgIpc) is 3.41. The van der Waals surface area contributed by atoms with Gasteiger partial charge in [-0.05, 0) is 53.8 Å². The molecule has 1 saturated carbocycles. The highest BCUT2D eigenvalue weighted by Crippen LogP contribution is 2.34. The van der Waals surface area contributed by atoms with Crippen molar-refractivity contribution in [1.82, 2.24) is 18.5 Å². The summed E-state index contributed by atoms with van der Waals surface area (Å²) in [4.78, 5) is 0. The van der Waals surface area contributed by atoms with Crippen LogP contribution in [-0.4, -0.2) is 25.6 Å². The molecular weight excluding hydrogens is 392 g/mol.